The summed E-state index contributed by atoms with van der Waals surface area (Å²) in [5, 5.41) is 10.5. The summed E-state index contributed by atoms with van der Waals surface area (Å²) in [5.41, 5.74) is 1.58. The molecule has 1 saturated carbocycles. The topological polar surface area (TPSA) is 162 Å². The number of halogens is 3. The van der Waals surface area contributed by atoms with Gasteiger partial charge >= 0.3 is 24.5 Å². The Kier molecular flexibility index (Phi) is 12.9. The third-order valence-electron chi connectivity index (χ3n) is 8.07. The molecule has 0 radical (unpaired) electrons. The smallest absolute Gasteiger partial charge is 0.387 e. The summed E-state index contributed by atoms with van der Waals surface area (Å²) in [7, 11) is 0. The van der Waals surface area contributed by atoms with Gasteiger partial charge in [-0.1, -0.05) is 40.8 Å². The molecule has 0 bridgehead atoms. The van der Waals surface area contributed by atoms with Crippen LogP contribution in [0.4, 0.5) is 8.78 Å². The highest BCUT2D eigenvalue weighted by Gasteiger charge is 2.48. The van der Waals surface area contributed by atoms with E-state index in [4.69, 9.17) is 33.2 Å². The normalized spacial score (nSPS) is 20.8. The Morgan fingerprint density at radius 3 is 2.23 bits per heavy atom. The summed E-state index contributed by atoms with van der Waals surface area (Å²) < 4.78 is 65.1. The van der Waals surface area contributed by atoms with Crippen molar-refractivity contribution in [2.75, 3.05) is 11.0 Å². The van der Waals surface area contributed by atoms with Crippen LogP contribution >= 0.6 is 22.6 Å². The van der Waals surface area contributed by atoms with Crippen LogP contribution in [0.2, 0.25) is 0 Å². The van der Waals surface area contributed by atoms with Gasteiger partial charge in [0.2, 0.25) is 18.3 Å². The molecular weight excluding hydrogens is 801 g/mol. The van der Waals surface area contributed by atoms with Crippen LogP contribution in [-0.4, -0.2) is 81.3 Å². The van der Waals surface area contributed by atoms with Crippen molar-refractivity contribution >= 4 is 40.5 Å². The van der Waals surface area contributed by atoms with E-state index in [0.717, 1.165) is 29.5 Å². The Morgan fingerprint density at radius 1 is 0.923 bits per heavy atom. The van der Waals surface area contributed by atoms with Crippen molar-refractivity contribution in [2.45, 2.75) is 95.8 Å². The van der Waals surface area contributed by atoms with E-state index >= 15 is 0 Å². The maximum atomic E-state index is 13.2. The SMILES string of the molecule is CC(=O)OC1COC(Oc2ccc(C[C@H](c3ccc(C(C)(C)O)nc3)c3ccc(OC(F)F)c(OC4CC4)c3)cn2)C(OC(=O)CI)C1OC(C)=O. The number of hydrogen-bond donors (Lipinski definition) is 1. The number of carbonyl (C=O) groups is 3. The minimum atomic E-state index is -3.02. The van der Waals surface area contributed by atoms with Crippen molar-refractivity contribution in [2.24, 2.45) is 0 Å². The fourth-order valence-electron chi connectivity index (χ4n) is 5.55. The van der Waals surface area contributed by atoms with Gasteiger partial charge in [-0.05, 0) is 68.0 Å². The Balaban J connectivity index is 1.41. The van der Waals surface area contributed by atoms with Gasteiger partial charge in [-0.25, -0.2) is 4.98 Å². The first-order valence-corrected chi connectivity index (χ1v) is 18.0. The van der Waals surface area contributed by atoms with E-state index in [2.05, 4.69) is 9.97 Å². The van der Waals surface area contributed by atoms with E-state index in [0.29, 0.717) is 12.1 Å². The molecule has 1 aliphatic heterocycles. The zero-order valence-electron chi connectivity index (χ0n) is 28.8. The molecule has 4 unspecified atom stereocenters. The molecule has 0 amide bonds. The molecule has 280 valence electrons. The molecule has 1 aromatic carbocycles. The van der Waals surface area contributed by atoms with Gasteiger partial charge in [-0.15, -0.1) is 0 Å². The molecular formula is C36H39F2IN2O11. The van der Waals surface area contributed by atoms with Gasteiger partial charge in [0, 0.05) is 38.2 Å². The predicted octanol–water partition coefficient (Wildman–Crippen LogP) is 5.17. The molecule has 13 nitrogen and oxygen atoms in total. The number of alkyl halides is 3. The molecule has 2 aromatic heterocycles. The van der Waals surface area contributed by atoms with Crippen molar-refractivity contribution in [3.8, 4) is 17.4 Å². The van der Waals surface area contributed by atoms with Gasteiger partial charge in [0.15, 0.2) is 23.7 Å². The van der Waals surface area contributed by atoms with Gasteiger partial charge in [-0.3, -0.25) is 19.4 Å². The molecule has 3 heterocycles. The summed E-state index contributed by atoms with van der Waals surface area (Å²) in [6.45, 7) is 2.39. The number of rotatable bonds is 15. The van der Waals surface area contributed by atoms with Crippen LogP contribution in [-0.2, 0) is 45.4 Å². The van der Waals surface area contributed by atoms with Gasteiger partial charge < -0.3 is 38.3 Å². The summed E-state index contributed by atoms with van der Waals surface area (Å²) >= 11 is 1.82. The minimum absolute atomic E-state index is 0.0215. The first kappa shape index (κ1) is 39.1. The van der Waals surface area contributed by atoms with Crippen LogP contribution in [0.1, 0.15) is 68.8 Å². The fraction of sp³-hybridized carbons (Fsp3) is 0.472. The molecule has 3 aromatic rings. The summed E-state index contributed by atoms with van der Waals surface area (Å²) in [4.78, 5) is 45.0. The first-order valence-electron chi connectivity index (χ1n) is 16.5. The van der Waals surface area contributed by atoms with Gasteiger partial charge in [0.25, 0.3) is 0 Å². The lowest BCUT2D eigenvalue weighted by atomic mass is 9.86. The largest absolute Gasteiger partial charge is 0.487 e. The molecule has 5 rings (SSSR count). The van der Waals surface area contributed by atoms with Crippen molar-refractivity contribution in [3.63, 3.8) is 0 Å². The monoisotopic (exact) mass is 840 g/mol. The molecule has 1 aliphatic carbocycles. The maximum absolute atomic E-state index is 13.2. The molecule has 16 heteroatoms. The van der Waals surface area contributed by atoms with Gasteiger partial charge in [0.1, 0.15) is 5.60 Å². The maximum Gasteiger partial charge on any atom is 0.387 e. The summed E-state index contributed by atoms with van der Waals surface area (Å²) in [6, 6.07) is 11.8. The van der Waals surface area contributed by atoms with Crippen molar-refractivity contribution < 1.29 is 61.4 Å². The van der Waals surface area contributed by atoms with Crippen molar-refractivity contribution in [1.82, 2.24) is 9.97 Å². The number of carbonyl (C=O) groups excluding carboxylic acids is 3. The first-order chi connectivity index (χ1) is 24.7. The average Bonchev–Trinajstić information content (AvgIpc) is 3.91. The van der Waals surface area contributed by atoms with Crippen LogP contribution in [0.3, 0.4) is 0 Å². The van der Waals surface area contributed by atoms with E-state index < -0.39 is 54.7 Å². The Hall–Kier alpha value is -4.16. The zero-order valence-corrected chi connectivity index (χ0v) is 31.0. The number of benzene rings is 1. The Labute approximate surface area is 312 Å². The molecule has 1 saturated heterocycles. The van der Waals surface area contributed by atoms with Crippen LogP contribution in [0.25, 0.3) is 0 Å². The molecule has 0 spiro atoms. The minimum Gasteiger partial charge on any atom is -0.487 e. The van der Waals surface area contributed by atoms with Crippen LogP contribution < -0.4 is 14.2 Å². The second-order valence-electron chi connectivity index (χ2n) is 12.8. The number of nitrogens with zero attached hydrogens (tertiary/aromatic N) is 2. The molecule has 2 aliphatic rings. The Bertz CT molecular complexity index is 1700. The number of hydrogen-bond acceptors (Lipinski definition) is 13. The van der Waals surface area contributed by atoms with E-state index in [1.54, 1.807) is 56.6 Å². The van der Waals surface area contributed by atoms with E-state index in [1.165, 1.54) is 19.9 Å². The van der Waals surface area contributed by atoms with Crippen LogP contribution in [0.5, 0.6) is 17.4 Å². The van der Waals surface area contributed by atoms with E-state index in [-0.39, 0.29) is 40.4 Å². The summed E-state index contributed by atoms with van der Waals surface area (Å²) in [6.07, 6.45) is 0.338. The van der Waals surface area contributed by atoms with Crippen LogP contribution in [0.15, 0.2) is 54.9 Å². The second kappa shape index (κ2) is 17.1. The molecule has 5 atom stereocenters. The highest BCUT2D eigenvalue weighted by molar-refractivity contribution is 14.1. The second-order valence-corrected chi connectivity index (χ2v) is 13.6. The van der Waals surface area contributed by atoms with E-state index in [1.807, 2.05) is 28.7 Å². The van der Waals surface area contributed by atoms with Crippen LogP contribution in [0, 0.1) is 0 Å². The molecule has 52 heavy (non-hydrogen) atoms. The third kappa shape index (κ3) is 10.7. The molecule has 2 fully saturated rings. The van der Waals surface area contributed by atoms with Gasteiger partial charge in [0.05, 0.1) is 22.8 Å². The predicted molar refractivity (Wildman–Crippen MR) is 186 cm³/mol. The number of aliphatic hydroxyl groups is 1. The summed E-state index contributed by atoms with van der Waals surface area (Å²) in [5.74, 6) is -2.09. The standard InChI is InChI=1S/C36H39F2IN2O11/c1-19(42)47-28-18-46-34(33(52-31(44)15-39)32(28)48-20(2)43)51-30-12-5-21(16-41-30)13-25(23-7-11-29(40-17-23)36(3,4)45)22-6-10-26(50-35(37)38)27(14-22)49-24-8-9-24/h5-7,10-12,14,16-17,24-25,28,32-35,45H,8-9,13,15,18H2,1-4H3/t25-,28?,32?,33?,34?/m0/s1. The number of ether oxygens (including phenoxy) is 7. The third-order valence-corrected chi connectivity index (χ3v) is 8.70. The fourth-order valence-corrected chi connectivity index (χ4v) is 5.73. The number of pyridine rings is 2. The highest BCUT2D eigenvalue weighted by atomic mass is 127. The lowest BCUT2D eigenvalue weighted by Crippen LogP contribution is -2.59. The number of esters is 3. The Morgan fingerprint density at radius 2 is 1.65 bits per heavy atom. The number of aromatic nitrogens is 2. The lowest BCUT2D eigenvalue weighted by Gasteiger charge is -2.39. The van der Waals surface area contributed by atoms with Gasteiger partial charge in [-0.2, -0.15) is 8.78 Å². The van der Waals surface area contributed by atoms with Crippen molar-refractivity contribution in [3.05, 3.63) is 77.2 Å². The average molecular weight is 841 g/mol. The van der Waals surface area contributed by atoms with Crippen molar-refractivity contribution in [1.29, 1.82) is 0 Å². The quantitative estimate of drug-likeness (QED) is 0.0925. The highest BCUT2D eigenvalue weighted by Crippen LogP contribution is 2.39. The zero-order chi connectivity index (χ0) is 37.6. The van der Waals surface area contributed by atoms with E-state index in [9.17, 15) is 28.3 Å². The molecule has 1 N–H and O–H groups in total. The lowest BCUT2D eigenvalue weighted by molar-refractivity contribution is -0.260.